The topological polar surface area (TPSA) is 123 Å². The SMILES string of the molecule is Cc1cccc2c1N(C1CCN(S(=O)(=O)c3sc(CC(N)=O)nc3C)CC1)C(=O)OC2. The van der Waals surface area contributed by atoms with Crippen LogP contribution in [0.25, 0.3) is 0 Å². The molecule has 166 valence electrons. The van der Waals surface area contributed by atoms with Crippen LogP contribution in [0.4, 0.5) is 10.5 Å². The normalized spacial score (nSPS) is 18.0. The van der Waals surface area contributed by atoms with Gasteiger partial charge in [-0.3, -0.25) is 9.69 Å². The van der Waals surface area contributed by atoms with Crippen LogP contribution in [0, 0.1) is 13.8 Å². The second-order valence-corrected chi connectivity index (χ2v) is 11.0. The van der Waals surface area contributed by atoms with Crippen LogP contribution in [0.15, 0.2) is 22.4 Å². The van der Waals surface area contributed by atoms with Gasteiger partial charge in [0.1, 0.15) is 11.6 Å². The van der Waals surface area contributed by atoms with Crippen molar-refractivity contribution in [2.45, 2.75) is 50.0 Å². The lowest BCUT2D eigenvalue weighted by Gasteiger charge is -2.40. The molecule has 4 rings (SSSR count). The van der Waals surface area contributed by atoms with E-state index >= 15 is 0 Å². The van der Waals surface area contributed by atoms with Crippen molar-refractivity contribution in [3.05, 3.63) is 40.0 Å². The molecule has 2 aromatic rings. The lowest BCUT2D eigenvalue weighted by molar-refractivity contribution is -0.117. The number of thiazole rings is 1. The summed E-state index contributed by atoms with van der Waals surface area (Å²) in [6, 6.07) is 5.69. The van der Waals surface area contributed by atoms with Crippen molar-refractivity contribution < 1.29 is 22.7 Å². The lowest BCUT2D eigenvalue weighted by atomic mass is 10.00. The second-order valence-electron chi connectivity index (χ2n) is 7.77. The fourth-order valence-corrected chi connectivity index (χ4v) is 7.35. The van der Waals surface area contributed by atoms with Crippen LogP contribution in [0.2, 0.25) is 0 Å². The van der Waals surface area contributed by atoms with Crippen LogP contribution in [-0.4, -0.2) is 48.8 Å². The zero-order valence-corrected chi connectivity index (χ0v) is 19.0. The van der Waals surface area contributed by atoms with Crippen LogP contribution < -0.4 is 10.6 Å². The molecule has 0 saturated carbocycles. The van der Waals surface area contributed by atoms with E-state index in [0.29, 0.717) is 23.5 Å². The number of nitrogens with two attached hydrogens (primary N) is 1. The third-order valence-corrected chi connectivity index (χ3v) is 9.24. The monoisotopic (exact) mass is 464 g/mol. The van der Waals surface area contributed by atoms with Gasteiger partial charge in [0.05, 0.1) is 17.8 Å². The first-order chi connectivity index (χ1) is 14.7. The Balaban J connectivity index is 1.52. The van der Waals surface area contributed by atoms with Gasteiger partial charge < -0.3 is 10.5 Å². The van der Waals surface area contributed by atoms with Gasteiger partial charge in [-0.15, -0.1) is 11.3 Å². The number of hydrogen-bond acceptors (Lipinski definition) is 7. The molecule has 0 aliphatic carbocycles. The number of hydrogen-bond donors (Lipinski definition) is 1. The largest absolute Gasteiger partial charge is 0.444 e. The van der Waals surface area contributed by atoms with Crippen LogP contribution in [-0.2, 0) is 32.6 Å². The Morgan fingerprint density at radius 1 is 1.29 bits per heavy atom. The summed E-state index contributed by atoms with van der Waals surface area (Å²) in [7, 11) is -3.74. The van der Waals surface area contributed by atoms with Crippen molar-refractivity contribution in [3.63, 3.8) is 0 Å². The zero-order valence-electron chi connectivity index (χ0n) is 17.3. The highest BCUT2D eigenvalue weighted by atomic mass is 32.2. The number of nitrogens with zero attached hydrogens (tertiary/aromatic N) is 3. The summed E-state index contributed by atoms with van der Waals surface area (Å²) in [5.74, 6) is -0.553. The molecule has 11 heteroatoms. The molecule has 2 aliphatic rings. The molecule has 0 bridgehead atoms. The minimum Gasteiger partial charge on any atom is -0.444 e. The van der Waals surface area contributed by atoms with E-state index in [1.807, 2.05) is 25.1 Å². The van der Waals surface area contributed by atoms with Crippen molar-refractivity contribution in [3.8, 4) is 0 Å². The first-order valence-corrected chi connectivity index (χ1v) is 12.2. The molecule has 0 atom stereocenters. The summed E-state index contributed by atoms with van der Waals surface area (Å²) in [4.78, 5) is 29.6. The van der Waals surface area contributed by atoms with Crippen LogP contribution in [0.1, 0.15) is 34.7 Å². The predicted octanol–water partition coefficient (Wildman–Crippen LogP) is 2.10. The Kier molecular flexibility index (Phi) is 5.75. The molecule has 1 fully saturated rings. The number of benzene rings is 1. The highest BCUT2D eigenvalue weighted by molar-refractivity contribution is 7.91. The maximum atomic E-state index is 13.2. The van der Waals surface area contributed by atoms with Crippen molar-refractivity contribution in [1.82, 2.24) is 9.29 Å². The van der Waals surface area contributed by atoms with Crippen molar-refractivity contribution in [2.75, 3.05) is 18.0 Å². The van der Waals surface area contributed by atoms with Crippen molar-refractivity contribution in [2.24, 2.45) is 5.73 Å². The summed E-state index contributed by atoms with van der Waals surface area (Å²) in [6.07, 6.45) is 0.513. The summed E-state index contributed by atoms with van der Waals surface area (Å²) in [5, 5.41) is 0.390. The first kappa shape index (κ1) is 21.7. The van der Waals surface area contributed by atoms with Crippen LogP contribution >= 0.6 is 11.3 Å². The number of primary amides is 1. The number of amides is 2. The Labute approximate surface area is 184 Å². The van der Waals surface area contributed by atoms with Gasteiger partial charge in [0.2, 0.25) is 5.91 Å². The van der Waals surface area contributed by atoms with Gasteiger partial charge >= 0.3 is 6.09 Å². The molecule has 0 radical (unpaired) electrons. The van der Waals surface area contributed by atoms with Crippen molar-refractivity contribution >= 4 is 39.0 Å². The van der Waals surface area contributed by atoms with Gasteiger partial charge in [0, 0.05) is 24.7 Å². The molecular weight excluding hydrogens is 440 g/mol. The predicted molar refractivity (Wildman–Crippen MR) is 115 cm³/mol. The summed E-state index contributed by atoms with van der Waals surface area (Å²) in [5.41, 5.74) is 8.39. The van der Waals surface area contributed by atoms with Gasteiger partial charge in [0.25, 0.3) is 10.0 Å². The number of fused-ring (bicyclic) bond motifs is 1. The molecule has 0 unspecified atom stereocenters. The van der Waals surface area contributed by atoms with Gasteiger partial charge in [-0.25, -0.2) is 18.2 Å². The number of sulfonamides is 1. The Morgan fingerprint density at radius 2 is 2.00 bits per heavy atom. The third-order valence-electron chi connectivity index (χ3n) is 5.60. The molecule has 2 aliphatic heterocycles. The quantitative estimate of drug-likeness (QED) is 0.723. The number of para-hydroxylation sites is 1. The first-order valence-electron chi connectivity index (χ1n) is 9.97. The lowest BCUT2D eigenvalue weighted by Crippen LogP contribution is -2.50. The van der Waals surface area contributed by atoms with E-state index < -0.39 is 22.0 Å². The number of aryl methyl sites for hydroxylation is 2. The highest BCUT2D eigenvalue weighted by Crippen LogP contribution is 2.36. The number of carbonyl (C=O) groups excluding carboxylic acids is 2. The standard InChI is InChI=1S/C20H24N4O5S2/c1-12-4-3-5-14-11-29-20(26)24(18(12)14)15-6-8-23(9-7-15)31(27,28)19-13(2)22-17(30-19)10-16(21)25/h3-5,15H,6-11H2,1-2H3,(H2,21,25). The highest BCUT2D eigenvalue weighted by Gasteiger charge is 2.38. The fourth-order valence-electron chi connectivity index (χ4n) is 4.17. The van der Waals surface area contributed by atoms with E-state index in [-0.39, 0.29) is 36.4 Å². The average Bonchev–Trinajstić information content (AvgIpc) is 3.09. The Bertz CT molecular complexity index is 1140. The maximum Gasteiger partial charge on any atom is 0.414 e. The van der Waals surface area contributed by atoms with Crippen LogP contribution in [0.3, 0.4) is 0 Å². The molecule has 1 saturated heterocycles. The Morgan fingerprint density at radius 3 is 2.68 bits per heavy atom. The van der Waals surface area contributed by atoms with Crippen molar-refractivity contribution in [1.29, 1.82) is 0 Å². The number of carbonyl (C=O) groups is 2. The van der Waals surface area contributed by atoms with E-state index in [9.17, 15) is 18.0 Å². The maximum absolute atomic E-state index is 13.2. The van der Waals surface area contributed by atoms with Gasteiger partial charge in [0.15, 0.2) is 4.21 Å². The number of piperidine rings is 1. The number of rotatable bonds is 5. The molecule has 0 spiro atoms. The van der Waals surface area contributed by atoms with E-state index in [0.717, 1.165) is 28.2 Å². The second kappa shape index (κ2) is 8.21. The summed E-state index contributed by atoms with van der Waals surface area (Å²) in [6.45, 7) is 4.38. The number of ether oxygens (including phenoxy) is 1. The average molecular weight is 465 g/mol. The number of aromatic nitrogens is 1. The minimum absolute atomic E-state index is 0.0844. The zero-order chi connectivity index (χ0) is 22.3. The molecule has 1 aromatic carbocycles. The number of cyclic esters (lactones) is 1. The summed E-state index contributed by atoms with van der Waals surface area (Å²) >= 11 is 0.984. The fraction of sp³-hybridized carbons (Fsp3) is 0.450. The molecule has 1 aromatic heterocycles. The van der Waals surface area contributed by atoms with Gasteiger partial charge in [-0.05, 0) is 32.3 Å². The van der Waals surface area contributed by atoms with Crippen LogP contribution in [0.5, 0.6) is 0 Å². The molecule has 3 heterocycles. The van der Waals surface area contributed by atoms with Gasteiger partial charge in [-0.2, -0.15) is 4.31 Å². The van der Waals surface area contributed by atoms with E-state index in [1.165, 1.54) is 4.31 Å². The molecule has 2 N–H and O–H groups in total. The van der Waals surface area contributed by atoms with Gasteiger partial charge in [-0.1, -0.05) is 18.2 Å². The molecule has 31 heavy (non-hydrogen) atoms. The smallest absolute Gasteiger partial charge is 0.414 e. The Hall–Kier alpha value is -2.50. The molecule has 9 nitrogen and oxygen atoms in total. The third kappa shape index (κ3) is 4.04. The molecule has 2 amide bonds. The van der Waals surface area contributed by atoms with E-state index in [1.54, 1.807) is 11.8 Å². The van der Waals surface area contributed by atoms with E-state index in [4.69, 9.17) is 10.5 Å². The summed E-state index contributed by atoms with van der Waals surface area (Å²) < 4.78 is 33.3. The van der Waals surface area contributed by atoms with E-state index in [2.05, 4.69) is 4.98 Å². The minimum atomic E-state index is -3.74. The molecular formula is C20H24N4O5S2. The number of anilines is 1.